The van der Waals surface area contributed by atoms with Gasteiger partial charge in [-0.05, 0) is 54.8 Å². The number of furan rings is 1. The van der Waals surface area contributed by atoms with Crippen LogP contribution in [0, 0.1) is 0 Å². The van der Waals surface area contributed by atoms with E-state index >= 15 is 0 Å². The number of carbonyl (C=O) groups excluding carboxylic acids is 2. The van der Waals surface area contributed by atoms with Crippen LogP contribution < -0.4 is 24.4 Å². The second-order valence-electron chi connectivity index (χ2n) is 9.00. The van der Waals surface area contributed by atoms with Crippen molar-refractivity contribution in [1.29, 1.82) is 0 Å². The van der Waals surface area contributed by atoms with Crippen LogP contribution in [0.4, 0.5) is 5.69 Å². The zero-order chi connectivity index (χ0) is 24.9. The minimum atomic E-state index is -0.970. The van der Waals surface area contributed by atoms with E-state index in [0.29, 0.717) is 41.7 Å². The van der Waals surface area contributed by atoms with Crippen LogP contribution in [-0.2, 0) is 4.79 Å². The van der Waals surface area contributed by atoms with Crippen molar-refractivity contribution in [3.05, 3.63) is 72.2 Å². The highest BCUT2D eigenvalue weighted by Crippen LogP contribution is 2.38. The number of carbonyl (C=O) groups is 2. The summed E-state index contributed by atoms with van der Waals surface area (Å²) < 4.78 is 22.4. The van der Waals surface area contributed by atoms with Crippen molar-refractivity contribution in [3.63, 3.8) is 0 Å². The average molecular weight is 491 g/mol. The maximum atomic E-state index is 14.0. The summed E-state index contributed by atoms with van der Waals surface area (Å²) in [6.07, 6.45) is 6.61. The van der Waals surface area contributed by atoms with Gasteiger partial charge in [0.05, 0.1) is 13.4 Å². The maximum absolute atomic E-state index is 14.0. The molecule has 2 aromatic carbocycles. The minimum absolute atomic E-state index is 0.0696. The summed E-state index contributed by atoms with van der Waals surface area (Å²) in [6, 6.07) is 14.8. The summed E-state index contributed by atoms with van der Waals surface area (Å²) in [5.74, 6) is 1.14. The molecular weight excluding hydrogens is 460 g/mol. The number of methoxy groups -OCH3 is 1. The highest BCUT2D eigenvalue weighted by atomic mass is 16.6. The standard InChI is InChI=1S/C28H30N2O6/c1-33-22-10-5-7-19(17-22)26(27(31)29-20-8-3-2-4-9-20)30(28(32)24-11-6-14-34-24)21-12-13-23-25(18-21)36-16-15-35-23/h5-7,10-14,17-18,20,26H,2-4,8-9,15-16H2,1H3,(H,29,31)/t26-/m0/s1. The summed E-state index contributed by atoms with van der Waals surface area (Å²) in [5, 5.41) is 3.21. The largest absolute Gasteiger partial charge is 0.497 e. The summed E-state index contributed by atoms with van der Waals surface area (Å²) in [5.41, 5.74) is 1.12. The summed E-state index contributed by atoms with van der Waals surface area (Å²) in [4.78, 5) is 29.3. The number of rotatable bonds is 7. The van der Waals surface area contributed by atoms with Gasteiger partial charge in [-0.2, -0.15) is 0 Å². The number of fused-ring (bicyclic) bond motifs is 1. The van der Waals surface area contributed by atoms with Crippen LogP contribution in [0.25, 0.3) is 0 Å². The van der Waals surface area contributed by atoms with Gasteiger partial charge in [0.25, 0.3) is 5.91 Å². The third-order valence-corrected chi connectivity index (χ3v) is 6.62. The van der Waals surface area contributed by atoms with Crippen LogP contribution in [0.1, 0.15) is 54.3 Å². The molecule has 8 nitrogen and oxygen atoms in total. The number of anilines is 1. The first kappa shape index (κ1) is 23.8. The zero-order valence-corrected chi connectivity index (χ0v) is 20.3. The van der Waals surface area contributed by atoms with Gasteiger partial charge in [-0.25, -0.2) is 0 Å². The SMILES string of the molecule is COc1cccc([C@@H](C(=O)NC2CCCCC2)N(C(=O)c2ccco2)c2ccc3c(c2)OCCO3)c1. The normalized spacial score (nSPS) is 16.1. The van der Waals surface area contributed by atoms with Gasteiger partial charge >= 0.3 is 0 Å². The van der Waals surface area contributed by atoms with E-state index in [-0.39, 0.29) is 17.7 Å². The molecule has 3 aromatic rings. The first-order valence-electron chi connectivity index (χ1n) is 12.3. The van der Waals surface area contributed by atoms with Gasteiger partial charge in [-0.15, -0.1) is 0 Å². The molecule has 2 amide bonds. The van der Waals surface area contributed by atoms with E-state index in [9.17, 15) is 9.59 Å². The highest BCUT2D eigenvalue weighted by Gasteiger charge is 2.36. The van der Waals surface area contributed by atoms with Gasteiger partial charge in [0.15, 0.2) is 17.3 Å². The molecule has 188 valence electrons. The Morgan fingerprint density at radius 1 is 0.972 bits per heavy atom. The maximum Gasteiger partial charge on any atom is 0.294 e. The highest BCUT2D eigenvalue weighted by molar-refractivity contribution is 6.08. The molecule has 1 atom stereocenters. The molecule has 1 aliphatic carbocycles. The van der Waals surface area contributed by atoms with Crippen LogP contribution in [0.2, 0.25) is 0 Å². The Kier molecular flexibility index (Phi) is 7.11. The number of hydrogen-bond donors (Lipinski definition) is 1. The fraction of sp³-hybridized carbons (Fsp3) is 0.357. The van der Waals surface area contributed by atoms with Crippen LogP contribution in [0.5, 0.6) is 17.2 Å². The molecule has 2 heterocycles. The van der Waals surface area contributed by atoms with E-state index in [1.165, 1.54) is 17.6 Å². The van der Waals surface area contributed by atoms with Gasteiger partial charge in [0.1, 0.15) is 25.0 Å². The number of nitrogens with one attached hydrogen (secondary N) is 1. The number of hydrogen-bond acceptors (Lipinski definition) is 6. The predicted octanol–water partition coefficient (Wildman–Crippen LogP) is 4.90. The van der Waals surface area contributed by atoms with Crippen molar-refractivity contribution in [2.75, 3.05) is 25.2 Å². The van der Waals surface area contributed by atoms with Gasteiger partial charge < -0.3 is 23.9 Å². The first-order valence-corrected chi connectivity index (χ1v) is 12.3. The van der Waals surface area contributed by atoms with E-state index < -0.39 is 11.9 Å². The van der Waals surface area contributed by atoms with Crippen molar-refractivity contribution in [1.82, 2.24) is 5.32 Å². The number of nitrogens with zero attached hydrogens (tertiary/aromatic N) is 1. The fourth-order valence-corrected chi connectivity index (χ4v) is 4.84. The third kappa shape index (κ3) is 5.03. The second-order valence-corrected chi connectivity index (χ2v) is 9.00. The average Bonchev–Trinajstić information content (AvgIpc) is 3.47. The molecule has 8 heteroatoms. The van der Waals surface area contributed by atoms with Gasteiger partial charge in [-0.1, -0.05) is 31.4 Å². The van der Waals surface area contributed by atoms with E-state index in [4.69, 9.17) is 18.6 Å². The lowest BCUT2D eigenvalue weighted by Crippen LogP contribution is -2.47. The molecule has 1 N–H and O–H groups in total. The summed E-state index contributed by atoms with van der Waals surface area (Å²) in [6.45, 7) is 0.863. The molecule has 1 aromatic heterocycles. The number of benzene rings is 2. The predicted molar refractivity (Wildman–Crippen MR) is 134 cm³/mol. The minimum Gasteiger partial charge on any atom is -0.497 e. The van der Waals surface area contributed by atoms with E-state index in [0.717, 1.165) is 25.7 Å². The number of ether oxygens (including phenoxy) is 3. The zero-order valence-electron chi connectivity index (χ0n) is 20.3. The molecule has 1 saturated carbocycles. The molecule has 0 spiro atoms. The Bertz CT molecular complexity index is 1200. The topological polar surface area (TPSA) is 90.2 Å². The Morgan fingerprint density at radius 2 is 1.78 bits per heavy atom. The summed E-state index contributed by atoms with van der Waals surface area (Å²) >= 11 is 0. The molecule has 0 saturated heterocycles. The quantitative estimate of drug-likeness (QED) is 0.507. The van der Waals surface area contributed by atoms with Crippen LogP contribution in [0.15, 0.2) is 65.3 Å². The smallest absolute Gasteiger partial charge is 0.294 e. The molecule has 5 rings (SSSR count). The van der Waals surface area contributed by atoms with E-state index in [1.54, 1.807) is 43.5 Å². The van der Waals surface area contributed by atoms with E-state index in [1.807, 2.05) is 18.2 Å². The number of amides is 2. The van der Waals surface area contributed by atoms with E-state index in [2.05, 4.69) is 5.32 Å². The van der Waals surface area contributed by atoms with Crippen LogP contribution in [0.3, 0.4) is 0 Å². The molecule has 1 fully saturated rings. The van der Waals surface area contributed by atoms with Gasteiger partial charge in [-0.3, -0.25) is 14.5 Å². The molecule has 0 radical (unpaired) electrons. The van der Waals surface area contributed by atoms with Crippen molar-refractivity contribution >= 4 is 17.5 Å². The molecule has 2 aliphatic rings. The Labute approximate surface area is 210 Å². The first-order chi connectivity index (χ1) is 17.6. The lowest BCUT2D eigenvalue weighted by atomic mass is 9.94. The van der Waals surface area contributed by atoms with Crippen molar-refractivity contribution in [2.45, 2.75) is 44.2 Å². The fourth-order valence-electron chi connectivity index (χ4n) is 4.84. The lowest BCUT2D eigenvalue weighted by molar-refractivity contribution is -0.123. The molecule has 1 aliphatic heterocycles. The van der Waals surface area contributed by atoms with Crippen LogP contribution in [-0.4, -0.2) is 38.2 Å². The second kappa shape index (κ2) is 10.8. The van der Waals surface area contributed by atoms with Gasteiger partial charge in [0, 0.05) is 17.8 Å². The van der Waals surface area contributed by atoms with Crippen molar-refractivity contribution in [2.24, 2.45) is 0 Å². The summed E-state index contributed by atoms with van der Waals surface area (Å²) in [7, 11) is 1.57. The van der Waals surface area contributed by atoms with Crippen molar-refractivity contribution < 1.29 is 28.2 Å². The lowest BCUT2D eigenvalue weighted by Gasteiger charge is -2.33. The Hall–Kier alpha value is -3.94. The molecule has 36 heavy (non-hydrogen) atoms. The Balaban J connectivity index is 1.60. The van der Waals surface area contributed by atoms with Crippen molar-refractivity contribution in [3.8, 4) is 17.2 Å². The van der Waals surface area contributed by atoms with Gasteiger partial charge in [0.2, 0.25) is 5.91 Å². The third-order valence-electron chi connectivity index (χ3n) is 6.62. The Morgan fingerprint density at radius 3 is 2.53 bits per heavy atom. The molecule has 0 bridgehead atoms. The van der Waals surface area contributed by atoms with Crippen LogP contribution >= 0.6 is 0 Å². The molecular formula is C28H30N2O6. The molecule has 0 unspecified atom stereocenters. The monoisotopic (exact) mass is 490 g/mol.